The molecule has 2 aromatic rings. The molecule has 1 atom stereocenters. The topological polar surface area (TPSA) is 24.1 Å². The Morgan fingerprint density at radius 3 is 1.66 bits per heavy atom. The molecule has 0 bridgehead atoms. The molecule has 0 fully saturated rings. The van der Waals surface area contributed by atoms with Gasteiger partial charge < -0.3 is 10.2 Å². The zero-order chi connectivity index (χ0) is 21.9. The van der Waals surface area contributed by atoms with Crippen molar-refractivity contribution in [2.24, 2.45) is 0 Å². The second kappa shape index (κ2) is 9.18. The van der Waals surface area contributed by atoms with Gasteiger partial charge in [-0.3, -0.25) is 0 Å². The van der Waals surface area contributed by atoms with Crippen molar-refractivity contribution >= 4 is 40.1 Å². The van der Waals surface area contributed by atoms with Crippen molar-refractivity contribution in [1.82, 2.24) is 0 Å². The van der Waals surface area contributed by atoms with Crippen molar-refractivity contribution in [3.63, 3.8) is 0 Å². The van der Waals surface area contributed by atoms with Gasteiger partial charge in [-0.05, 0) is 54.6 Å². The van der Waals surface area contributed by atoms with E-state index in [4.69, 9.17) is 11.8 Å². The van der Waals surface area contributed by atoms with Crippen LogP contribution in [0.2, 0.25) is 0 Å². The maximum atomic E-state index is 13.0. The highest BCUT2D eigenvalue weighted by Gasteiger charge is 2.32. The van der Waals surface area contributed by atoms with E-state index in [0.29, 0.717) is 0 Å². The Kier molecular flexibility index (Phi) is 7.57. The van der Waals surface area contributed by atoms with Gasteiger partial charge in [0.2, 0.25) is 0 Å². The van der Waals surface area contributed by atoms with Crippen LogP contribution < -0.4 is 10.2 Å². The van der Waals surface area contributed by atoms with E-state index < -0.39 is 29.0 Å². The van der Waals surface area contributed by atoms with Gasteiger partial charge in [-0.15, -0.1) is 0 Å². The van der Waals surface area contributed by atoms with Crippen LogP contribution in [0, 0.1) is 0 Å². The zero-order valence-corrected chi connectivity index (χ0v) is 18.0. The van der Waals surface area contributed by atoms with Gasteiger partial charge >= 0.3 is 12.4 Å². The first-order valence-corrected chi connectivity index (χ1v) is 12.8. The first kappa shape index (κ1) is 23.9. The maximum Gasteiger partial charge on any atom is 0.416 e. The smallest absolute Gasteiger partial charge is 0.334 e. The molecule has 0 aromatic heterocycles. The number of halogens is 6. The van der Waals surface area contributed by atoms with Crippen LogP contribution in [0.1, 0.15) is 31.4 Å². The lowest BCUT2D eigenvalue weighted by Crippen LogP contribution is -2.10. The third-order valence-electron chi connectivity index (χ3n) is 3.84. The van der Waals surface area contributed by atoms with Crippen molar-refractivity contribution in [2.45, 2.75) is 37.9 Å². The molecule has 2 N–H and O–H groups in total. The van der Waals surface area contributed by atoms with E-state index in [0.717, 1.165) is 30.7 Å². The number of hydrogen-bond donors (Lipinski definition) is 2. The Morgan fingerprint density at radius 1 is 0.897 bits per heavy atom. The van der Waals surface area contributed by atoms with Gasteiger partial charge in [0.1, 0.15) is 0 Å². The predicted molar refractivity (Wildman–Crippen MR) is 112 cm³/mol. The van der Waals surface area contributed by atoms with Gasteiger partial charge in [-0.2, -0.15) is 26.3 Å². The standard InChI is InChI=1S/C18H19F6N2PS2/c1-3-12(2)29-27(28,25-15-8-4-6-13(10-15)17(19,20)21)26-16-9-5-7-14(11-16)18(22,23)24/h4-12H,3H2,1-2H3,(H2,25,26,28). The van der Waals surface area contributed by atoms with Crippen LogP contribution in [-0.4, -0.2) is 5.25 Å². The summed E-state index contributed by atoms with van der Waals surface area (Å²) in [7, 11) is 0. The van der Waals surface area contributed by atoms with E-state index >= 15 is 0 Å². The van der Waals surface area contributed by atoms with Gasteiger partial charge in [-0.1, -0.05) is 37.4 Å². The van der Waals surface area contributed by atoms with Gasteiger partial charge in [0, 0.05) is 16.6 Å². The summed E-state index contributed by atoms with van der Waals surface area (Å²) in [4.78, 5) is 0. The Morgan fingerprint density at radius 2 is 1.31 bits per heavy atom. The van der Waals surface area contributed by atoms with Crippen LogP contribution in [0.5, 0.6) is 0 Å². The van der Waals surface area contributed by atoms with Gasteiger partial charge in [-0.25, -0.2) is 0 Å². The first-order chi connectivity index (χ1) is 13.3. The number of benzene rings is 2. The van der Waals surface area contributed by atoms with Crippen molar-refractivity contribution in [1.29, 1.82) is 0 Å². The molecule has 0 aliphatic carbocycles. The quantitative estimate of drug-likeness (QED) is 0.315. The molecule has 0 saturated carbocycles. The molecule has 11 heteroatoms. The van der Waals surface area contributed by atoms with Crippen molar-refractivity contribution in [3.05, 3.63) is 59.7 Å². The number of alkyl halides is 6. The minimum Gasteiger partial charge on any atom is -0.334 e. The summed E-state index contributed by atoms with van der Waals surface area (Å²) in [6.07, 6.45) is -8.30. The van der Waals surface area contributed by atoms with Crippen molar-refractivity contribution in [2.75, 3.05) is 10.2 Å². The van der Waals surface area contributed by atoms with Crippen LogP contribution in [-0.2, 0) is 24.2 Å². The SMILES string of the molecule is CCC(C)SP(=S)(Nc1cccc(C(F)(F)F)c1)Nc1cccc(C(F)(F)F)c1. The number of hydrogen-bond acceptors (Lipinski definition) is 2. The number of rotatable bonds is 7. The summed E-state index contributed by atoms with van der Waals surface area (Å²) in [6, 6.07) is 9.15. The minimum atomic E-state index is -4.52. The molecule has 29 heavy (non-hydrogen) atoms. The molecule has 2 aromatic carbocycles. The predicted octanol–water partition coefficient (Wildman–Crippen LogP) is 8.00. The summed E-state index contributed by atoms with van der Waals surface area (Å²) >= 11 is 6.98. The molecule has 0 aliphatic rings. The Balaban J connectivity index is 2.36. The fourth-order valence-corrected chi connectivity index (χ4v) is 8.92. The minimum absolute atomic E-state index is 0.0393. The van der Waals surface area contributed by atoms with Crippen LogP contribution in [0.3, 0.4) is 0 Å². The molecule has 160 valence electrons. The number of nitrogens with one attached hydrogen (secondary N) is 2. The largest absolute Gasteiger partial charge is 0.416 e. The summed E-state index contributed by atoms with van der Waals surface area (Å²) in [5, 5.41) is 5.91. The van der Waals surface area contributed by atoms with Gasteiger partial charge in [0.25, 0.3) is 0 Å². The molecule has 2 nitrogen and oxygen atoms in total. The summed E-state index contributed by atoms with van der Waals surface area (Å²) in [6.45, 7) is 3.82. The molecule has 2 rings (SSSR count). The van der Waals surface area contributed by atoms with E-state index in [1.54, 1.807) is 0 Å². The molecule has 0 spiro atoms. The fraction of sp³-hybridized carbons (Fsp3) is 0.333. The van der Waals surface area contributed by atoms with E-state index in [1.807, 2.05) is 13.8 Å². The van der Waals surface area contributed by atoms with Crippen LogP contribution in [0.15, 0.2) is 48.5 Å². The molecule has 1 unspecified atom stereocenters. The maximum absolute atomic E-state index is 13.0. The molecule has 0 aliphatic heterocycles. The average Bonchev–Trinajstić information content (AvgIpc) is 2.60. The summed E-state index contributed by atoms with van der Waals surface area (Å²) < 4.78 is 78.0. The average molecular weight is 472 g/mol. The normalized spacial score (nSPS) is 13.8. The van der Waals surface area contributed by atoms with E-state index in [9.17, 15) is 26.3 Å². The molecular formula is C18H19F6N2PS2. The van der Waals surface area contributed by atoms with Gasteiger partial charge in [0.05, 0.1) is 11.1 Å². The molecule has 0 radical (unpaired) electrons. The lowest BCUT2D eigenvalue weighted by molar-refractivity contribution is -0.138. The Bertz CT molecular complexity index is 822. The van der Waals surface area contributed by atoms with E-state index in [1.165, 1.54) is 35.6 Å². The fourth-order valence-electron chi connectivity index (χ4n) is 2.28. The van der Waals surface area contributed by atoms with Crippen LogP contribution >= 0.6 is 16.9 Å². The van der Waals surface area contributed by atoms with Crippen molar-refractivity contribution in [3.8, 4) is 0 Å². The second-order valence-electron chi connectivity index (χ2n) is 6.26. The lowest BCUT2D eigenvalue weighted by Gasteiger charge is -2.28. The highest BCUT2D eigenvalue weighted by atomic mass is 32.9. The number of anilines is 2. The monoisotopic (exact) mass is 472 g/mol. The molecule has 0 saturated heterocycles. The summed E-state index contributed by atoms with van der Waals surface area (Å²) in [5.41, 5.74) is -4.23. The Labute approximate surface area is 174 Å². The molecule has 0 amide bonds. The van der Waals surface area contributed by atoms with Crippen molar-refractivity contribution < 1.29 is 26.3 Å². The summed E-state index contributed by atoms with van der Waals surface area (Å²) in [5.74, 6) is 0. The first-order valence-electron chi connectivity index (χ1n) is 8.52. The highest BCUT2D eigenvalue weighted by Crippen LogP contribution is 2.60. The van der Waals surface area contributed by atoms with Crippen LogP contribution in [0.25, 0.3) is 0 Å². The molecular weight excluding hydrogens is 453 g/mol. The zero-order valence-electron chi connectivity index (χ0n) is 15.4. The van der Waals surface area contributed by atoms with E-state index in [2.05, 4.69) is 10.2 Å². The Hall–Kier alpha value is -1.38. The second-order valence-corrected chi connectivity index (χ2v) is 13.4. The highest BCUT2D eigenvalue weighted by molar-refractivity contribution is 8.71. The lowest BCUT2D eigenvalue weighted by atomic mass is 10.2. The molecule has 0 heterocycles. The third-order valence-corrected chi connectivity index (χ3v) is 9.77. The van der Waals surface area contributed by atoms with Gasteiger partial charge in [0.15, 0.2) is 5.54 Å². The van der Waals surface area contributed by atoms with E-state index in [-0.39, 0.29) is 16.6 Å². The third kappa shape index (κ3) is 7.12. The van der Waals surface area contributed by atoms with Crippen LogP contribution in [0.4, 0.5) is 37.7 Å².